The predicted octanol–water partition coefficient (Wildman–Crippen LogP) is 3.28. The van der Waals surface area contributed by atoms with Gasteiger partial charge in [0.05, 0.1) is 18.7 Å². The summed E-state index contributed by atoms with van der Waals surface area (Å²) in [5, 5.41) is 0. The summed E-state index contributed by atoms with van der Waals surface area (Å²) in [5.74, 6) is 1.24. The summed E-state index contributed by atoms with van der Waals surface area (Å²) in [5.41, 5.74) is 2.05. The van der Waals surface area contributed by atoms with Crippen LogP contribution in [0.1, 0.15) is 24.8 Å². The molecule has 2 aliphatic heterocycles. The third-order valence-electron chi connectivity index (χ3n) is 5.66. The maximum atomic E-state index is 12.9. The van der Waals surface area contributed by atoms with E-state index in [1.807, 2.05) is 35.2 Å². The number of nitrogens with zero attached hydrogens (tertiary/aromatic N) is 2. The van der Waals surface area contributed by atoms with Crippen molar-refractivity contribution < 1.29 is 14.3 Å². The highest BCUT2D eigenvalue weighted by atomic mass is 16.5. The summed E-state index contributed by atoms with van der Waals surface area (Å²) < 4.78 is 5.66. The van der Waals surface area contributed by atoms with Crippen LogP contribution in [0.25, 0.3) is 0 Å². The highest BCUT2D eigenvalue weighted by Gasteiger charge is 2.29. The van der Waals surface area contributed by atoms with Crippen molar-refractivity contribution >= 4 is 17.5 Å². The molecule has 0 aromatic heterocycles. The molecule has 0 aliphatic carbocycles. The third kappa shape index (κ3) is 4.19. The smallest absolute Gasteiger partial charge is 0.242 e. The Morgan fingerprint density at radius 1 is 1.00 bits per heavy atom. The molecule has 0 unspecified atom stereocenters. The number of para-hydroxylation sites is 2. The van der Waals surface area contributed by atoms with E-state index in [0.29, 0.717) is 30.4 Å². The number of amides is 2. The van der Waals surface area contributed by atoms with Gasteiger partial charge in [0.2, 0.25) is 11.8 Å². The first-order valence-electron chi connectivity index (χ1n) is 10.0. The highest BCUT2D eigenvalue weighted by molar-refractivity contribution is 6.00. The molecule has 2 aromatic carbocycles. The molecule has 0 saturated carbocycles. The standard InChI is InChI=1S/C23H26N2O3/c26-22-12-15-28-21-9-5-4-8-20(21)25(22)17-23(27)24-13-10-19(11-14-24)16-18-6-2-1-3-7-18/h1-9,19H,10-17H2. The molecule has 2 heterocycles. The molecule has 1 fully saturated rings. The van der Waals surface area contributed by atoms with Crippen molar-refractivity contribution in [3.63, 3.8) is 0 Å². The Morgan fingerprint density at radius 2 is 1.71 bits per heavy atom. The van der Waals surface area contributed by atoms with E-state index in [9.17, 15) is 9.59 Å². The van der Waals surface area contributed by atoms with Crippen molar-refractivity contribution in [1.29, 1.82) is 0 Å². The van der Waals surface area contributed by atoms with Gasteiger partial charge in [-0.1, -0.05) is 42.5 Å². The zero-order valence-corrected chi connectivity index (χ0v) is 16.0. The number of rotatable bonds is 4. The number of carbonyl (C=O) groups excluding carboxylic acids is 2. The second-order valence-corrected chi connectivity index (χ2v) is 7.56. The molecule has 2 amide bonds. The second-order valence-electron chi connectivity index (χ2n) is 7.56. The molecule has 146 valence electrons. The van der Waals surface area contributed by atoms with E-state index < -0.39 is 0 Å². The van der Waals surface area contributed by atoms with Crippen LogP contribution in [0.3, 0.4) is 0 Å². The Kier molecular flexibility index (Phi) is 5.60. The number of ether oxygens (including phenoxy) is 1. The van der Waals surface area contributed by atoms with E-state index >= 15 is 0 Å². The molecule has 4 rings (SSSR count). The van der Waals surface area contributed by atoms with Crippen molar-refractivity contribution in [2.75, 3.05) is 31.1 Å². The number of benzene rings is 2. The maximum absolute atomic E-state index is 12.9. The summed E-state index contributed by atoms with van der Waals surface area (Å²) in [6.45, 7) is 1.96. The number of likely N-dealkylation sites (tertiary alicyclic amines) is 1. The highest BCUT2D eigenvalue weighted by Crippen LogP contribution is 2.31. The average molecular weight is 378 g/mol. The van der Waals surface area contributed by atoms with Crippen LogP contribution in [0, 0.1) is 5.92 Å². The van der Waals surface area contributed by atoms with Crippen LogP contribution >= 0.6 is 0 Å². The fourth-order valence-electron chi connectivity index (χ4n) is 4.06. The SMILES string of the molecule is O=C(CN1C(=O)CCOc2ccccc21)N1CCC(Cc2ccccc2)CC1. The van der Waals surface area contributed by atoms with Crippen LogP contribution in [0.4, 0.5) is 5.69 Å². The van der Waals surface area contributed by atoms with Gasteiger partial charge in [-0.15, -0.1) is 0 Å². The molecule has 5 nitrogen and oxygen atoms in total. The quantitative estimate of drug-likeness (QED) is 0.820. The van der Waals surface area contributed by atoms with Gasteiger partial charge in [0.15, 0.2) is 0 Å². The van der Waals surface area contributed by atoms with Gasteiger partial charge in [-0.3, -0.25) is 14.5 Å². The summed E-state index contributed by atoms with van der Waals surface area (Å²) in [6.07, 6.45) is 3.38. The predicted molar refractivity (Wildman–Crippen MR) is 108 cm³/mol. The zero-order valence-electron chi connectivity index (χ0n) is 16.0. The van der Waals surface area contributed by atoms with Crippen LogP contribution in [0.5, 0.6) is 5.75 Å². The van der Waals surface area contributed by atoms with Gasteiger partial charge < -0.3 is 9.64 Å². The van der Waals surface area contributed by atoms with Crippen molar-refractivity contribution in [3.8, 4) is 5.75 Å². The minimum atomic E-state index is -0.0581. The van der Waals surface area contributed by atoms with Crippen molar-refractivity contribution in [1.82, 2.24) is 4.90 Å². The molecule has 0 spiro atoms. The average Bonchev–Trinajstić information content (AvgIpc) is 2.88. The Balaban J connectivity index is 1.36. The van der Waals surface area contributed by atoms with Gasteiger partial charge in [-0.25, -0.2) is 0 Å². The van der Waals surface area contributed by atoms with Crippen LogP contribution in [0.15, 0.2) is 54.6 Å². The molecule has 28 heavy (non-hydrogen) atoms. The number of anilines is 1. The number of hydrogen-bond acceptors (Lipinski definition) is 3. The molecular formula is C23H26N2O3. The first kappa shape index (κ1) is 18.5. The number of piperidine rings is 1. The normalized spacial score (nSPS) is 17.6. The molecule has 1 saturated heterocycles. The Hall–Kier alpha value is -2.82. The minimum Gasteiger partial charge on any atom is -0.491 e. The fourth-order valence-corrected chi connectivity index (χ4v) is 4.06. The zero-order chi connectivity index (χ0) is 19.3. The van der Waals surface area contributed by atoms with Crippen LogP contribution in [-0.4, -0.2) is 43.0 Å². The van der Waals surface area contributed by atoms with E-state index in [-0.39, 0.29) is 18.4 Å². The summed E-state index contributed by atoms with van der Waals surface area (Å²) in [7, 11) is 0. The lowest BCUT2D eigenvalue weighted by atomic mass is 9.90. The van der Waals surface area contributed by atoms with E-state index in [2.05, 4.69) is 24.3 Å². The van der Waals surface area contributed by atoms with E-state index in [0.717, 1.165) is 32.4 Å². The molecule has 0 atom stereocenters. The monoisotopic (exact) mass is 378 g/mol. The second kappa shape index (κ2) is 8.46. The first-order chi connectivity index (χ1) is 13.7. The molecule has 0 bridgehead atoms. The maximum Gasteiger partial charge on any atom is 0.242 e. The number of hydrogen-bond donors (Lipinski definition) is 0. The largest absolute Gasteiger partial charge is 0.491 e. The van der Waals surface area contributed by atoms with Gasteiger partial charge >= 0.3 is 0 Å². The van der Waals surface area contributed by atoms with Gasteiger partial charge in [0.1, 0.15) is 12.3 Å². The lowest BCUT2D eigenvalue weighted by Gasteiger charge is -2.33. The van der Waals surface area contributed by atoms with Gasteiger partial charge in [-0.2, -0.15) is 0 Å². The Morgan fingerprint density at radius 3 is 2.50 bits per heavy atom. The van der Waals surface area contributed by atoms with Crippen LogP contribution < -0.4 is 9.64 Å². The number of fused-ring (bicyclic) bond motifs is 1. The summed E-state index contributed by atoms with van der Waals surface area (Å²) >= 11 is 0. The van der Waals surface area contributed by atoms with Crippen LogP contribution in [-0.2, 0) is 16.0 Å². The molecule has 0 radical (unpaired) electrons. The van der Waals surface area contributed by atoms with Crippen molar-refractivity contribution in [2.45, 2.75) is 25.7 Å². The summed E-state index contributed by atoms with van der Waals surface area (Å²) in [4.78, 5) is 28.9. The minimum absolute atomic E-state index is 0.0169. The Labute approximate surface area is 165 Å². The molecule has 2 aliphatic rings. The summed E-state index contributed by atoms with van der Waals surface area (Å²) in [6, 6.07) is 18.0. The Bertz CT molecular complexity index is 829. The van der Waals surface area contributed by atoms with Gasteiger partial charge in [0.25, 0.3) is 0 Å². The van der Waals surface area contributed by atoms with Gasteiger partial charge in [-0.05, 0) is 42.9 Å². The van der Waals surface area contributed by atoms with Crippen molar-refractivity contribution in [3.05, 3.63) is 60.2 Å². The topological polar surface area (TPSA) is 49.9 Å². The molecule has 5 heteroatoms. The van der Waals surface area contributed by atoms with E-state index in [1.54, 1.807) is 4.90 Å². The first-order valence-corrected chi connectivity index (χ1v) is 10.0. The lowest BCUT2D eigenvalue weighted by molar-refractivity contribution is -0.132. The van der Waals surface area contributed by atoms with Crippen LogP contribution in [0.2, 0.25) is 0 Å². The molecule has 0 N–H and O–H groups in total. The van der Waals surface area contributed by atoms with Crippen molar-refractivity contribution in [2.24, 2.45) is 5.92 Å². The number of carbonyl (C=O) groups is 2. The van der Waals surface area contributed by atoms with E-state index in [1.165, 1.54) is 5.56 Å². The molecule has 2 aromatic rings. The third-order valence-corrected chi connectivity index (χ3v) is 5.66. The fraction of sp³-hybridized carbons (Fsp3) is 0.391. The lowest BCUT2D eigenvalue weighted by Crippen LogP contribution is -2.46. The van der Waals surface area contributed by atoms with Gasteiger partial charge in [0, 0.05) is 13.1 Å². The van der Waals surface area contributed by atoms with E-state index in [4.69, 9.17) is 4.74 Å². The molecular weight excluding hydrogens is 352 g/mol.